The fraction of sp³-hybridized carbons (Fsp3) is 0.0526. The van der Waals surface area contributed by atoms with Crippen LogP contribution in [0.15, 0.2) is 59.5 Å². The molecule has 25 heavy (non-hydrogen) atoms. The number of nitrogens with one attached hydrogen (secondary N) is 1. The molecule has 0 aliphatic carbocycles. The van der Waals surface area contributed by atoms with Crippen LogP contribution in [0.4, 0.5) is 4.79 Å². The second-order valence-electron chi connectivity index (χ2n) is 5.47. The molecule has 2 amide bonds. The number of imide groups is 1. The molecule has 1 aliphatic heterocycles. The lowest BCUT2D eigenvalue weighted by atomic mass is 10.2. The summed E-state index contributed by atoms with van der Waals surface area (Å²) in [6.45, 7) is 0.520. The van der Waals surface area contributed by atoms with E-state index in [2.05, 4.69) is 5.32 Å². The summed E-state index contributed by atoms with van der Waals surface area (Å²) >= 11 is 2.50. The summed E-state index contributed by atoms with van der Waals surface area (Å²) in [6.07, 6.45) is 1.75. The molecule has 1 aliphatic rings. The van der Waals surface area contributed by atoms with Gasteiger partial charge in [0.05, 0.1) is 4.91 Å². The number of thiophene rings is 1. The van der Waals surface area contributed by atoms with E-state index in [4.69, 9.17) is 4.74 Å². The molecule has 3 aromatic rings. The first kappa shape index (κ1) is 15.9. The lowest BCUT2D eigenvalue weighted by molar-refractivity contribution is -0.115. The summed E-state index contributed by atoms with van der Waals surface area (Å²) in [4.78, 5) is 24.2. The molecule has 1 N–H and O–H groups in total. The van der Waals surface area contributed by atoms with Crippen molar-refractivity contribution < 1.29 is 14.3 Å². The molecule has 4 nitrogen and oxygen atoms in total. The third-order valence-electron chi connectivity index (χ3n) is 3.67. The van der Waals surface area contributed by atoms with Crippen LogP contribution in [0, 0.1) is 0 Å². The van der Waals surface area contributed by atoms with Gasteiger partial charge >= 0.3 is 0 Å². The van der Waals surface area contributed by atoms with Crippen molar-refractivity contribution in [1.29, 1.82) is 0 Å². The molecule has 1 saturated heterocycles. The fourth-order valence-electron chi connectivity index (χ4n) is 2.49. The molecule has 4 rings (SSSR count). The lowest BCUT2D eigenvalue weighted by Gasteiger charge is -2.06. The number of hydrogen-bond acceptors (Lipinski definition) is 5. The van der Waals surface area contributed by atoms with Crippen molar-refractivity contribution in [3.05, 3.63) is 69.9 Å². The predicted octanol–water partition coefficient (Wildman–Crippen LogP) is 4.80. The number of fused-ring (bicyclic) bond motifs is 1. The molecule has 2 heterocycles. The molecule has 6 heteroatoms. The smallest absolute Gasteiger partial charge is 0.290 e. The van der Waals surface area contributed by atoms with Crippen molar-refractivity contribution in [2.75, 3.05) is 0 Å². The Hall–Kier alpha value is -2.57. The summed E-state index contributed by atoms with van der Waals surface area (Å²) < 4.78 is 6.96. The van der Waals surface area contributed by atoms with E-state index in [-0.39, 0.29) is 11.1 Å². The molecule has 1 fully saturated rings. The fourth-order valence-corrected chi connectivity index (χ4v) is 4.23. The van der Waals surface area contributed by atoms with E-state index in [1.54, 1.807) is 17.4 Å². The minimum Gasteiger partial charge on any atom is -0.489 e. The topological polar surface area (TPSA) is 55.4 Å². The number of thioether (sulfide) groups is 1. The van der Waals surface area contributed by atoms with Gasteiger partial charge in [0.15, 0.2) is 0 Å². The van der Waals surface area contributed by atoms with E-state index in [1.165, 1.54) is 0 Å². The zero-order valence-electron chi connectivity index (χ0n) is 13.0. The summed E-state index contributed by atoms with van der Waals surface area (Å²) in [7, 11) is 0. The van der Waals surface area contributed by atoms with Crippen molar-refractivity contribution >= 4 is 50.4 Å². The van der Waals surface area contributed by atoms with Gasteiger partial charge in [-0.25, -0.2) is 0 Å². The van der Waals surface area contributed by atoms with Gasteiger partial charge < -0.3 is 4.74 Å². The summed E-state index contributed by atoms with van der Waals surface area (Å²) in [5.41, 5.74) is 1.12. The van der Waals surface area contributed by atoms with E-state index in [9.17, 15) is 9.59 Å². The number of amides is 2. The van der Waals surface area contributed by atoms with Crippen LogP contribution in [0.3, 0.4) is 0 Å². The van der Waals surface area contributed by atoms with E-state index in [1.807, 2.05) is 54.6 Å². The van der Waals surface area contributed by atoms with Gasteiger partial charge in [-0.15, -0.1) is 11.3 Å². The van der Waals surface area contributed by atoms with Crippen LogP contribution in [0.2, 0.25) is 0 Å². The van der Waals surface area contributed by atoms with Crippen molar-refractivity contribution in [2.24, 2.45) is 0 Å². The average Bonchev–Trinajstić information content (AvgIpc) is 3.15. The minimum atomic E-state index is -0.334. The van der Waals surface area contributed by atoms with Crippen LogP contribution < -0.4 is 10.1 Å². The van der Waals surface area contributed by atoms with Crippen molar-refractivity contribution in [3.8, 4) is 5.75 Å². The van der Waals surface area contributed by atoms with Crippen LogP contribution in [-0.4, -0.2) is 11.1 Å². The highest BCUT2D eigenvalue weighted by Crippen LogP contribution is 2.33. The normalized spacial score (nSPS) is 15.8. The Morgan fingerprint density at radius 1 is 1.04 bits per heavy atom. The van der Waals surface area contributed by atoms with E-state index in [0.717, 1.165) is 38.0 Å². The Morgan fingerprint density at radius 3 is 2.64 bits per heavy atom. The zero-order valence-corrected chi connectivity index (χ0v) is 14.7. The molecule has 0 atom stereocenters. The molecule has 0 spiro atoms. The first-order chi connectivity index (χ1) is 12.2. The highest BCUT2D eigenvalue weighted by Gasteiger charge is 2.25. The molecule has 0 unspecified atom stereocenters. The monoisotopic (exact) mass is 367 g/mol. The van der Waals surface area contributed by atoms with Gasteiger partial charge in [0, 0.05) is 9.58 Å². The maximum absolute atomic E-state index is 11.6. The Morgan fingerprint density at radius 2 is 1.88 bits per heavy atom. The lowest BCUT2D eigenvalue weighted by Crippen LogP contribution is -2.17. The molecular formula is C19H13NO3S2. The zero-order chi connectivity index (χ0) is 17.2. The van der Waals surface area contributed by atoms with Crippen molar-refractivity contribution in [1.82, 2.24) is 5.32 Å². The predicted molar refractivity (Wildman–Crippen MR) is 102 cm³/mol. The molecule has 0 bridgehead atoms. The summed E-state index contributed by atoms with van der Waals surface area (Å²) in [6, 6.07) is 18.0. The first-order valence-corrected chi connectivity index (χ1v) is 9.26. The SMILES string of the molecule is O=C1NC(=O)C(=Cc2cc3cc(OCc4ccccc4)ccc3s2)S1. The van der Waals surface area contributed by atoms with Crippen LogP contribution in [0.5, 0.6) is 5.75 Å². The largest absolute Gasteiger partial charge is 0.489 e. The summed E-state index contributed by atoms with van der Waals surface area (Å²) in [5, 5.41) is 2.99. The van der Waals surface area contributed by atoms with Gasteiger partial charge in [-0.3, -0.25) is 14.9 Å². The Bertz CT molecular complexity index is 992. The van der Waals surface area contributed by atoms with Gasteiger partial charge in [-0.1, -0.05) is 30.3 Å². The molecule has 1 aromatic heterocycles. The Kier molecular flexibility index (Phi) is 4.29. The van der Waals surface area contributed by atoms with Crippen molar-refractivity contribution in [3.63, 3.8) is 0 Å². The third-order valence-corrected chi connectivity index (χ3v) is 5.54. The molecule has 2 aromatic carbocycles. The maximum Gasteiger partial charge on any atom is 0.290 e. The standard InChI is InChI=1S/C19H13NO3S2/c21-18-17(25-19(22)20-18)10-15-9-13-8-14(6-7-16(13)24-15)23-11-12-4-2-1-3-5-12/h1-10H,11H2,(H,20,21,22). The Labute approximate surface area is 152 Å². The number of carbonyl (C=O) groups excluding carboxylic acids is 2. The first-order valence-electron chi connectivity index (χ1n) is 7.62. The number of rotatable bonds is 4. The van der Waals surface area contributed by atoms with Gasteiger partial charge in [0.1, 0.15) is 12.4 Å². The van der Waals surface area contributed by atoms with Crippen molar-refractivity contribution in [2.45, 2.75) is 6.61 Å². The Balaban J connectivity index is 1.54. The van der Waals surface area contributed by atoms with E-state index >= 15 is 0 Å². The van der Waals surface area contributed by atoms with Gasteiger partial charge in [0.25, 0.3) is 11.1 Å². The van der Waals surface area contributed by atoms with Gasteiger partial charge in [0.2, 0.25) is 0 Å². The van der Waals surface area contributed by atoms with Gasteiger partial charge in [-0.05, 0) is 53.1 Å². The number of ether oxygens (including phenoxy) is 1. The van der Waals surface area contributed by atoms with Crippen LogP contribution in [0.25, 0.3) is 16.2 Å². The van der Waals surface area contributed by atoms with E-state index < -0.39 is 0 Å². The van der Waals surface area contributed by atoms with Crippen LogP contribution in [0.1, 0.15) is 10.4 Å². The van der Waals surface area contributed by atoms with E-state index in [0.29, 0.717) is 11.5 Å². The number of carbonyl (C=O) groups is 2. The molecular weight excluding hydrogens is 354 g/mol. The minimum absolute atomic E-state index is 0.325. The number of benzene rings is 2. The molecule has 0 saturated carbocycles. The average molecular weight is 367 g/mol. The molecule has 124 valence electrons. The third kappa shape index (κ3) is 3.60. The second-order valence-corrected chi connectivity index (χ2v) is 7.61. The maximum atomic E-state index is 11.6. The number of hydrogen-bond donors (Lipinski definition) is 1. The second kappa shape index (κ2) is 6.74. The van der Waals surface area contributed by atoms with Crippen LogP contribution >= 0.6 is 23.1 Å². The summed E-state index contributed by atoms with van der Waals surface area (Å²) in [5.74, 6) is 0.468. The van der Waals surface area contributed by atoms with Crippen LogP contribution in [-0.2, 0) is 11.4 Å². The molecule has 0 radical (unpaired) electrons. The highest BCUT2D eigenvalue weighted by molar-refractivity contribution is 8.18. The quantitative estimate of drug-likeness (QED) is 0.673. The van der Waals surface area contributed by atoms with Gasteiger partial charge in [-0.2, -0.15) is 0 Å². The highest BCUT2D eigenvalue weighted by atomic mass is 32.2.